The molecule has 1 unspecified atom stereocenters. The number of nitrogens with one attached hydrogen (secondary N) is 2. The maximum absolute atomic E-state index is 12.2. The molecule has 9 heteroatoms. The minimum absolute atomic E-state index is 0.0375. The van der Waals surface area contributed by atoms with E-state index in [0.29, 0.717) is 6.42 Å². The van der Waals surface area contributed by atoms with E-state index in [1.165, 1.54) is 0 Å². The summed E-state index contributed by atoms with van der Waals surface area (Å²) in [4.78, 5) is 11.0. The van der Waals surface area contributed by atoms with Gasteiger partial charge in [0, 0.05) is 12.6 Å². The summed E-state index contributed by atoms with van der Waals surface area (Å²) in [6, 6.07) is 0.0375. The normalized spacial score (nSPS) is 20.9. The molecule has 0 aromatic rings. The Morgan fingerprint density at radius 2 is 1.79 bits per heavy atom. The number of carbonyl (C=O) groups is 1. The van der Waals surface area contributed by atoms with Gasteiger partial charge in [-0.2, -0.15) is 26.3 Å². The molecule has 19 heavy (non-hydrogen) atoms. The molecule has 0 aromatic heterocycles. The summed E-state index contributed by atoms with van der Waals surface area (Å²) >= 11 is 0. The molecule has 0 bridgehead atoms. The van der Waals surface area contributed by atoms with Gasteiger partial charge < -0.3 is 10.6 Å². The molecule has 0 aliphatic carbocycles. The summed E-state index contributed by atoms with van der Waals surface area (Å²) in [6.45, 7) is 0.561. The van der Waals surface area contributed by atoms with Crippen molar-refractivity contribution in [3.63, 3.8) is 0 Å². The third-order valence-electron chi connectivity index (χ3n) is 2.87. The van der Waals surface area contributed by atoms with E-state index in [1.54, 1.807) is 5.32 Å². The van der Waals surface area contributed by atoms with E-state index < -0.39 is 24.2 Å². The molecule has 1 aliphatic heterocycles. The van der Waals surface area contributed by atoms with E-state index in [4.69, 9.17) is 0 Å². The molecule has 1 fully saturated rings. The van der Waals surface area contributed by atoms with Crippen LogP contribution in [-0.4, -0.2) is 37.4 Å². The Morgan fingerprint density at radius 3 is 2.21 bits per heavy atom. The Bertz CT molecular complexity index is 294. The number of carbonyl (C=O) groups excluding carboxylic acids is 1. The van der Waals surface area contributed by atoms with Gasteiger partial charge in [0.1, 0.15) is 0 Å². The Kier molecular flexibility index (Phi) is 5.05. The second-order valence-corrected chi connectivity index (χ2v) is 4.39. The Balaban J connectivity index is 2.48. The number of amides is 1. The Morgan fingerprint density at radius 1 is 1.21 bits per heavy atom. The van der Waals surface area contributed by atoms with Crippen LogP contribution >= 0.6 is 0 Å². The molecule has 1 atom stereocenters. The molecular weight excluding hydrogens is 278 g/mol. The van der Waals surface area contributed by atoms with E-state index in [9.17, 15) is 31.1 Å². The lowest BCUT2D eigenvalue weighted by molar-refractivity contribution is -0.274. The van der Waals surface area contributed by atoms with E-state index in [1.807, 2.05) is 0 Å². The monoisotopic (exact) mass is 292 g/mol. The minimum Gasteiger partial charge on any atom is -0.355 e. The smallest absolute Gasteiger partial charge is 0.355 e. The number of alkyl halides is 6. The lowest BCUT2D eigenvalue weighted by atomic mass is 10.1. The molecule has 0 aromatic carbocycles. The van der Waals surface area contributed by atoms with E-state index in [0.717, 1.165) is 19.4 Å². The Hall–Kier alpha value is -0.990. The zero-order chi connectivity index (χ0) is 14.7. The second-order valence-electron chi connectivity index (χ2n) is 4.39. The fraction of sp³-hybridized carbons (Fsp3) is 0.900. The molecule has 112 valence electrons. The summed E-state index contributed by atoms with van der Waals surface area (Å²) in [6.07, 6.45) is -9.24. The maximum atomic E-state index is 12.2. The molecule has 1 heterocycles. The van der Waals surface area contributed by atoms with E-state index in [2.05, 4.69) is 5.32 Å². The van der Waals surface area contributed by atoms with Crippen LogP contribution in [0, 0.1) is 5.92 Å². The highest BCUT2D eigenvalue weighted by molar-refractivity contribution is 5.80. The molecule has 0 spiro atoms. The van der Waals surface area contributed by atoms with Gasteiger partial charge in [-0.05, 0) is 25.8 Å². The van der Waals surface area contributed by atoms with Crippen LogP contribution in [-0.2, 0) is 4.79 Å². The van der Waals surface area contributed by atoms with Gasteiger partial charge >= 0.3 is 12.4 Å². The molecule has 1 aliphatic rings. The van der Waals surface area contributed by atoms with Crippen molar-refractivity contribution in [1.29, 1.82) is 0 Å². The minimum atomic E-state index is -5.63. The van der Waals surface area contributed by atoms with Crippen molar-refractivity contribution in [1.82, 2.24) is 10.6 Å². The van der Waals surface area contributed by atoms with Crippen molar-refractivity contribution in [3.8, 4) is 0 Å². The largest absolute Gasteiger partial charge is 0.409 e. The molecule has 1 saturated heterocycles. The standard InChI is InChI=1S/C10H14F6N2O/c11-9(12,13)7(10(14,15)16)8(19)18-5-3-6-2-1-4-17-6/h6-7,17H,1-5H2,(H,18,19). The van der Waals surface area contributed by atoms with Gasteiger partial charge in [0.15, 0.2) is 0 Å². The average Bonchev–Trinajstić information content (AvgIpc) is 2.65. The summed E-state index contributed by atoms with van der Waals surface area (Å²) in [7, 11) is 0. The average molecular weight is 292 g/mol. The fourth-order valence-corrected chi connectivity index (χ4v) is 1.96. The van der Waals surface area contributed by atoms with Crippen LogP contribution in [0.1, 0.15) is 19.3 Å². The highest BCUT2D eigenvalue weighted by Crippen LogP contribution is 2.39. The first kappa shape index (κ1) is 16.1. The van der Waals surface area contributed by atoms with Gasteiger partial charge in [-0.15, -0.1) is 0 Å². The third-order valence-corrected chi connectivity index (χ3v) is 2.87. The number of halogens is 6. The molecular formula is C10H14F6N2O. The molecule has 3 nitrogen and oxygen atoms in total. The molecule has 0 radical (unpaired) electrons. The predicted octanol–water partition coefficient (Wildman–Crippen LogP) is 1.99. The first-order valence-electron chi connectivity index (χ1n) is 5.77. The van der Waals surface area contributed by atoms with Gasteiger partial charge in [0.2, 0.25) is 11.8 Å². The summed E-state index contributed by atoms with van der Waals surface area (Å²) < 4.78 is 73.2. The quantitative estimate of drug-likeness (QED) is 0.778. The highest BCUT2D eigenvalue weighted by atomic mass is 19.4. The van der Waals surface area contributed by atoms with Gasteiger partial charge in [-0.1, -0.05) is 0 Å². The third kappa shape index (κ3) is 4.88. The van der Waals surface area contributed by atoms with Crippen molar-refractivity contribution in [3.05, 3.63) is 0 Å². The van der Waals surface area contributed by atoms with Crippen LogP contribution in [0.25, 0.3) is 0 Å². The SMILES string of the molecule is O=C(NCCC1CCCN1)C(C(F)(F)F)C(F)(F)F. The summed E-state index contributed by atoms with van der Waals surface area (Å²) in [5.41, 5.74) is 0. The molecule has 2 N–H and O–H groups in total. The maximum Gasteiger partial charge on any atom is 0.409 e. The van der Waals surface area contributed by atoms with E-state index in [-0.39, 0.29) is 12.6 Å². The number of hydrogen-bond donors (Lipinski definition) is 2. The molecule has 1 amide bonds. The van der Waals surface area contributed by atoms with Crippen LogP contribution in [0.15, 0.2) is 0 Å². The van der Waals surface area contributed by atoms with Crippen molar-refractivity contribution in [2.45, 2.75) is 37.7 Å². The topological polar surface area (TPSA) is 41.1 Å². The van der Waals surface area contributed by atoms with Crippen molar-refractivity contribution >= 4 is 5.91 Å². The zero-order valence-electron chi connectivity index (χ0n) is 9.87. The lowest BCUT2D eigenvalue weighted by Crippen LogP contribution is -2.48. The van der Waals surface area contributed by atoms with Crippen LogP contribution in [0.3, 0.4) is 0 Å². The summed E-state index contributed by atoms with van der Waals surface area (Å²) in [5, 5.41) is 4.73. The first-order chi connectivity index (χ1) is 8.62. The molecule has 0 saturated carbocycles. The van der Waals surface area contributed by atoms with Crippen LogP contribution in [0.4, 0.5) is 26.3 Å². The van der Waals surface area contributed by atoms with Crippen LogP contribution in [0.2, 0.25) is 0 Å². The predicted molar refractivity (Wildman–Crippen MR) is 54.3 cm³/mol. The van der Waals surface area contributed by atoms with Crippen LogP contribution < -0.4 is 10.6 Å². The van der Waals surface area contributed by atoms with Crippen LogP contribution in [0.5, 0.6) is 0 Å². The van der Waals surface area contributed by atoms with Crippen molar-refractivity contribution < 1.29 is 31.1 Å². The van der Waals surface area contributed by atoms with Crippen molar-refractivity contribution in [2.24, 2.45) is 5.92 Å². The fourth-order valence-electron chi connectivity index (χ4n) is 1.96. The van der Waals surface area contributed by atoms with Gasteiger partial charge in [-0.25, -0.2) is 0 Å². The molecule has 1 rings (SSSR count). The highest BCUT2D eigenvalue weighted by Gasteiger charge is 2.60. The van der Waals surface area contributed by atoms with Gasteiger partial charge in [0.05, 0.1) is 0 Å². The Labute approximate surface area is 105 Å². The van der Waals surface area contributed by atoms with E-state index >= 15 is 0 Å². The second kappa shape index (κ2) is 5.98. The number of hydrogen-bond acceptors (Lipinski definition) is 2. The first-order valence-corrected chi connectivity index (χ1v) is 5.77. The van der Waals surface area contributed by atoms with Crippen molar-refractivity contribution in [2.75, 3.05) is 13.1 Å². The zero-order valence-corrected chi connectivity index (χ0v) is 9.87. The lowest BCUT2D eigenvalue weighted by Gasteiger charge is -2.22. The van der Waals surface area contributed by atoms with Gasteiger partial charge in [-0.3, -0.25) is 4.79 Å². The summed E-state index contributed by atoms with van der Waals surface area (Å²) in [5.74, 6) is -6.01. The van der Waals surface area contributed by atoms with Gasteiger partial charge in [0.25, 0.3) is 0 Å². The number of rotatable bonds is 4.